The van der Waals surface area contributed by atoms with E-state index in [0.29, 0.717) is 21.6 Å². The number of aromatic nitrogens is 2. The molecule has 27 heavy (non-hydrogen) atoms. The van der Waals surface area contributed by atoms with Crippen molar-refractivity contribution in [2.75, 3.05) is 20.6 Å². The predicted molar refractivity (Wildman–Crippen MR) is 110 cm³/mol. The molecule has 0 aromatic carbocycles. The molecule has 3 aromatic rings. The fourth-order valence-corrected chi connectivity index (χ4v) is 5.44. The first kappa shape index (κ1) is 18.3. The zero-order valence-electron chi connectivity index (χ0n) is 15.6. The van der Waals surface area contributed by atoms with Crippen molar-refractivity contribution in [3.05, 3.63) is 49.0 Å². The van der Waals surface area contributed by atoms with Crippen molar-refractivity contribution in [1.82, 2.24) is 19.8 Å². The molecule has 0 fully saturated rings. The highest BCUT2D eigenvalue weighted by atomic mass is 32.1. The molecule has 0 radical (unpaired) electrons. The number of amides is 1. The number of carbonyl (C=O) groups excluding carboxylic acids is 1. The summed E-state index contributed by atoms with van der Waals surface area (Å²) >= 11 is 2.97. The molecular formula is C19H22N4O2S2. The number of nitrogens with one attached hydrogen (secondary N) is 1. The zero-order valence-corrected chi connectivity index (χ0v) is 17.2. The van der Waals surface area contributed by atoms with E-state index in [1.165, 1.54) is 16.9 Å². The number of rotatable bonds is 5. The van der Waals surface area contributed by atoms with Crippen LogP contribution in [0.1, 0.15) is 39.1 Å². The average molecular weight is 403 g/mol. The number of hydrogen-bond acceptors (Lipinski definition) is 6. The van der Waals surface area contributed by atoms with Gasteiger partial charge in [0.25, 0.3) is 11.5 Å². The van der Waals surface area contributed by atoms with Crippen molar-refractivity contribution in [3.63, 3.8) is 0 Å². The summed E-state index contributed by atoms with van der Waals surface area (Å²) in [6.45, 7) is 3.08. The minimum absolute atomic E-state index is 0.00950. The Morgan fingerprint density at radius 3 is 2.96 bits per heavy atom. The van der Waals surface area contributed by atoms with Crippen molar-refractivity contribution in [2.45, 2.75) is 32.4 Å². The van der Waals surface area contributed by atoms with Crippen LogP contribution < -0.4 is 10.9 Å². The molecule has 8 heteroatoms. The van der Waals surface area contributed by atoms with Crippen LogP contribution in [0.25, 0.3) is 10.2 Å². The number of fused-ring (bicyclic) bond motifs is 2. The average Bonchev–Trinajstić information content (AvgIpc) is 3.35. The van der Waals surface area contributed by atoms with E-state index in [1.807, 2.05) is 26.4 Å². The van der Waals surface area contributed by atoms with Crippen LogP contribution in [0.3, 0.4) is 0 Å². The molecule has 0 bridgehead atoms. The lowest BCUT2D eigenvalue weighted by atomic mass is 10.1. The maximum Gasteiger partial charge on any atom is 0.262 e. The lowest BCUT2D eigenvalue weighted by Crippen LogP contribution is -2.34. The molecule has 1 aliphatic rings. The lowest BCUT2D eigenvalue weighted by Gasteiger charge is -2.23. The van der Waals surface area contributed by atoms with E-state index >= 15 is 0 Å². The Morgan fingerprint density at radius 1 is 1.44 bits per heavy atom. The van der Waals surface area contributed by atoms with Crippen LogP contribution in [0, 0.1) is 6.92 Å². The SMILES string of the molecule is Cc1c(C(=O)NCC(c2ccsc2)N(C)C)sc2nc3n(c(=O)c12)CCC3. The number of aryl methyl sites for hydroxylation is 2. The standard InChI is InChI=1S/C19H22N4O2S2/c1-11-15-18(21-14-5-4-7-23(14)19(15)25)27-16(11)17(24)20-9-13(22(2)3)12-6-8-26-10-12/h6,8,10,13H,4-5,7,9H2,1-3H3,(H,20,24). The third-order valence-electron chi connectivity index (χ3n) is 5.12. The number of nitrogens with zero attached hydrogens (tertiary/aromatic N) is 3. The van der Waals surface area contributed by atoms with Crippen LogP contribution in [-0.2, 0) is 13.0 Å². The molecule has 0 spiro atoms. The minimum atomic E-state index is -0.137. The molecule has 1 atom stereocenters. The third kappa shape index (κ3) is 3.22. The van der Waals surface area contributed by atoms with Crippen molar-refractivity contribution < 1.29 is 4.79 Å². The van der Waals surface area contributed by atoms with Crippen LogP contribution in [0.5, 0.6) is 0 Å². The molecule has 142 valence electrons. The van der Waals surface area contributed by atoms with Crippen LogP contribution in [0.4, 0.5) is 0 Å². The summed E-state index contributed by atoms with van der Waals surface area (Å²) in [5.41, 5.74) is 1.92. The molecule has 1 N–H and O–H groups in total. The van der Waals surface area contributed by atoms with Gasteiger partial charge in [-0.3, -0.25) is 14.2 Å². The van der Waals surface area contributed by atoms with E-state index in [0.717, 1.165) is 30.8 Å². The van der Waals surface area contributed by atoms with E-state index in [4.69, 9.17) is 0 Å². The van der Waals surface area contributed by atoms with Gasteiger partial charge >= 0.3 is 0 Å². The molecule has 1 amide bonds. The quantitative estimate of drug-likeness (QED) is 0.713. The Morgan fingerprint density at radius 2 is 2.26 bits per heavy atom. The number of likely N-dealkylation sites (N-methyl/N-ethyl adjacent to an activating group) is 1. The maximum absolute atomic E-state index is 12.8. The molecule has 4 rings (SSSR count). The molecular weight excluding hydrogens is 380 g/mol. The molecule has 6 nitrogen and oxygen atoms in total. The molecule has 1 aliphatic heterocycles. The van der Waals surface area contributed by atoms with Crippen LogP contribution >= 0.6 is 22.7 Å². The van der Waals surface area contributed by atoms with Gasteiger partial charge in [-0.25, -0.2) is 4.98 Å². The van der Waals surface area contributed by atoms with E-state index < -0.39 is 0 Å². The van der Waals surface area contributed by atoms with Gasteiger partial charge in [-0.1, -0.05) is 0 Å². The van der Waals surface area contributed by atoms with Crippen LogP contribution in [0.15, 0.2) is 21.6 Å². The van der Waals surface area contributed by atoms with E-state index in [1.54, 1.807) is 15.9 Å². The highest BCUT2D eigenvalue weighted by Gasteiger charge is 2.24. The third-order valence-corrected chi connectivity index (χ3v) is 7.01. The number of carbonyl (C=O) groups is 1. The van der Waals surface area contributed by atoms with Gasteiger partial charge in [0.2, 0.25) is 0 Å². The Balaban J connectivity index is 1.61. The van der Waals surface area contributed by atoms with Crippen molar-refractivity contribution >= 4 is 38.8 Å². The lowest BCUT2D eigenvalue weighted by molar-refractivity contribution is 0.0945. The van der Waals surface area contributed by atoms with Crippen LogP contribution in [-0.4, -0.2) is 41.0 Å². The number of thiophene rings is 2. The Labute approximate surface area is 165 Å². The second-order valence-corrected chi connectivity index (χ2v) is 8.85. The predicted octanol–water partition coefficient (Wildman–Crippen LogP) is 2.81. The summed E-state index contributed by atoms with van der Waals surface area (Å²) in [7, 11) is 4.01. The van der Waals surface area contributed by atoms with Crippen molar-refractivity contribution in [3.8, 4) is 0 Å². The summed E-state index contributed by atoms with van der Waals surface area (Å²) in [5.74, 6) is 0.702. The monoisotopic (exact) mass is 402 g/mol. The van der Waals surface area contributed by atoms with Gasteiger partial charge in [0, 0.05) is 19.5 Å². The smallest absolute Gasteiger partial charge is 0.262 e. The van der Waals surface area contributed by atoms with Gasteiger partial charge in [0.05, 0.1) is 16.3 Å². The van der Waals surface area contributed by atoms with Gasteiger partial charge in [0.1, 0.15) is 10.7 Å². The van der Waals surface area contributed by atoms with Gasteiger partial charge in [-0.05, 0) is 55.4 Å². The Bertz CT molecular complexity index is 1050. The Kier molecular flexibility index (Phi) is 4.88. The largest absolute Gasteiger partial charge is 0.349 e. The van der Waals surface area contributed by atoms with E-state index in [9.17, 15) is 9.59 Å². The highest BCUT2D eigenvalue weighted by molar-refractivity contribution is 7.20. The second-order valence-electron chi connectivity index (χ2n) is 7.07. The van der Waals surface area contributed by atoms with Gasteiger partial charge in [-0.2, -0.15) is 11.3 Å². The first-order chi connectivity index (χ1) is 13.0. The summed E-state index contributed by atoms with van der Waals surface area (Å²) in [6.07, 6.45) is 1.79. The fraction of sp³-hybridized carbons (Fsp3) is 0.421. The summed E-state index contributed by atoms with van der Waals surface area (Å²) in [6, 6.07) is 2.20. The Hall–Kier alpha value is -2.03. The summed E-state index contributed by atoms with van der Waals surface area (Å²) in [4.78, 5) is 33.6. The first-order valence-electron chi connectivity index (χ1n) is 8.97. The van der Waals surface area contributed by atoms with Crippen molar-refractivity contribution in [1.29, 1.82) is 0 Å². The topological polar surface area (TPSA) is 67.2 Å². The zero-order chi connectivity index (χ0) is 19.1. The van der Waals surface area contributed by atoms with E-state index in [2.05, 4.69) is 26.6 Å². The minimum Gasteiger partial charge on any atom is -0.349 e. The first-order valence-corrected chi connectivity index (χ1v) is 10.7. The van der Waals surface area contributed by atoms with Crippen LogP contribution in [0.2, 0.25) is 0 Å². The second kappa shape index (κ2) is 7.18. The summed E-state index contributed by atoms with van der Waals surface area (Å²) < 4.78 is 1.75. The molecule has 4 heterocycles. The molecule has 0 saturated heterocycles. The maximum atomic E-state index is 12.8. The fourth-order valence-electron chi connectivity index (χ4n) is 3.62. The highest BCUT2D eigenvalue weighted by Crippen LogP contribution is 2.29. The van der Waals surface area contributed by atoms with Crippen molar-refractivity contribution in [2.24, 2.45) is 0 Å². The normalized spacial score (nSPS) is 14.7. The summed E-state index contributed by atoms with van der Waals surface area (Å²) in [5, 5.41) is 7.79. The molecule has 1 unspecified atom stereocenters. The molecule has 0 saturated carbocycles. The molecule has 0 aliphatic carbocycles. The van der Waals surface area contributed by atoms with E-state index in [-0.39, 0.29) is 17.5 Å². The van der Waals surface area contributed by atoms with Gasteiger partial charge in [0.15, 0.2) is 0 Å². The van der Waals surface area contributed by atoms with Gasteiger partial charge < -0.3 is 10.2 Å². The number of hydrogen-bond donors (Lipinski definition) is 1. The molecule has 3 aromatic heterocycles. The van der Waals surface area contributed by atoms with Gasteiger partial charge in [-0.15, -0.1) is 11.3 Å².